The van der Waals surface area contributed by atoms with Crippen LogP contribution >= 0.6 is 11.3 Å². The van der Waals surface area contributed by atoms with Gasteiger partial charge in [0, 0.05) is 15.6 Å². The Balaban J connectivity index is 2.03. The number of para-hydroxylation sites is 1. The summed E-state index contributed by atoms with van der Waals surface area (Å²) in [6.07, 6.45) is 0.888. The zero-order valence-electron chi connectivity index (χ0n) is 13.2. The maximum Gasteiger partial charge on any atom is 0.275 e. The standard InChI is InChI=1S/C17H14FNO4S2/c1-25(21,22)19-17(20)16-12(10-23-11-6-3-2-4-7-11)15-13(18)8-5-9-14(15)24-16/h2-9H,10H2,1H3,(H,19,20). The van der Waals surface area contributed by atoms with Crippen LogP contribution in [0.3, 0.4) is 0 Å². The van der Waals surface area contributed by atoms with Gasteiger partial charge in [0.2, 0.25) is 10.0 Å². The van der Waals surface area contributed by atoms with Crippen molar-refractivity contribution < 1.29 is 22.3 Å². The Bertz CT molecular complexity index is 1030. The van der Waals surface area contributed by atoms with Crippen LogP contribution in [0, 0.1) is 5.82 Å². The minimum atomic E-state index is -3.73. The Morgan fingerprint density at radius 1 is 1.16 bits per heavy atom. The number of hydrogen-bond acceptors (Lipinski definition) is 5. The summed E-state index contributed by atoms with van der Waals surface area (Å²) in [5.74, 6) is -0.721. The number of carbonyl (C=O) groups is 1. The molecule has 1 aromatic heterocycles. The molecule has 0 atom stereocenters. The molecule has 0 saturated heterocycles. The van der Waals surface area contributed by atoms with Gasteiger partial charge in [0.15, 0.2) is 0 Å². The lowest BCUT2D eigenvalue weighted by Gasteiger charge is -2.08. The molecule has 25 heavy (non-hydrogen) atoms. The van der Waals surface area contributed by atoms with Crippen molar-refractivity contribution in [3.63, 3.8) is 0 Å². The molecule has 0 unspecified atom stereocenters. The predicted molar refractivity (Wildman–Crippen MR) is 94.9 cm³/mol. The van der Waals surface area contributed by atoms with Gasteiger partial charge < -0.3 is 4.74 Å². The van der Waals surface area contributed by atoms with Crippen molar-refractivity contribution >= 4 is 37.4 Å². The van der Waals surface area contributed by atoms with Gasteiger partial charge in [-0.3, -0.25) is 4.79 Å². The Hall–Kier alpha value is -2.45. The van der Waals surface area contributed by atoms with Crippen molar-refractivity contribution in [1.82, 2.24) is 4.72 Å². The zero-order valence-corrected chi connectivity index (χ0v) is 14.8. The lowest BCUT2D eigenvalue weighted by Crippen LogP contribution is -2.29. The molecule has 5 nitrogen and oxygen atoms in total. The molecule has 0 fully saturated rings. The van der Waals surface area contributed by atoms with Crippen LogP contribution in [0.5, 0.6) is 5.75 Å². The minimum absolute atomic E-state index is 0.0581. The van der Waals surface area contributed by atoms with E-state index in [9.17, 15) is 17.6 Å². The number of halogens is 1. The fourth-order valence-corrected chi connectivity index (χ4v) is 4.00. The molecular formula is C17H14FNO4S2. The molecule has 3 aromatic rings. The van der Waals surface area contributed by atoms with Gasteiger partial charge in [0.1, 0.15) is 23.1 Å². The predicted octanol–water partition coefficient (Wildman–Crippen LogP) is 3.31. The number of hydrogen-bond donors (Lipinski definition) is 1. The van der Waals surface area contributed by atoms with Crippen molar-refractivity contribution in [2.75, 3.05) is 6.26 Å². The van der Waals surface area contributed by atoms with E-state index in [-0.39, 0.29) is 16.9 Å². The second kappa shape index (κ2) is 6.81. The molecular weight excluding hydrogens is 365 g/mol. The Morgan fingerprint density at radius 3 is 2.56 bits per heavy atom. The number of thiophene rings is 1. The molecule has 8 heteroatoms. The summed E-state index contributed by atoms with van der Waals surface area (Å²) >= 11 is 1.03. The van der Waals surface area contributed by atoms with Crippen LogP contribution in [0.4, 0.5) is 4.39 Å². The number of sulfonamides is 1. The summed E-state index contributed by atoms with van der Waals surface area (Å²) in [4.78, 5) is 12.4. The van der Waals surface area contributed by atoms with Crippen LogP contribution < -0.4 is 9.46 Å². The molecule has 1 heterocycles. The highest BCUT2D eigenvalue weighted by atomic mass is 32.2. The highest BCUT2D eigenvalue weighted by molar-refractivity contribution is 7.89. The molecule has 1 N–H and O–H groups in total. The van der Waals surface area contributed by atoms with Gasteiger partial charge in [0.05, 0.1) is 6.26 Å². The number of amides is 1. The van der Waals surface area contributed by atoms with Crippen LogP contribution in [0.1, 0.15) is 15.2 Å². The van der Waals surface area contributed by atoms with Crippen LogP contribution in [-0.4, -0.2) is 20.6 Å². The number of benzene rings is 2. The Labute approximate surface area is 148 Å². The molecule has 0 saturated carbocycles. The highest BCUT2D eigenvalue weighted by Crippen LogP contribution is 2.34. The number of carbonyl (C=O) groups excluding carboxylic acids is 1. The van der Waals surface area contributed by atoms with Gasteiger partial charge in [-0.25, -0.2) is 17.5 Å². The van der Waals surface area contributed by atoms with E-state index in [1.54, 1.807) is 30.3 Å². The molecule has 130 valence electrons. The van der Waals surface area contributed by atoms with E-state index in [1.165, 1.54) is 12.1 Å². The third kappa shape index (κ3) is 3.97. The van der Waals surface area contributed by atoms with Gasteiger partial charge in [-0.1, -0.05) is 24.3 Å². The van der Waals surface area contributed by atoms with Crippen molar-refractivity contribution in [3.8, 4) is 5.75 Å². The van der Waals surface area contributed by atoms with E-state index < -0.39 is 21.7 Å². The second-order valence-electron chi connectivity index (χ2n) is 5.33. The van der Waals surface area contributed by atoms with Crippen molar-refractivity contribution in [2.45, 2.75) is 6.61 Å². The molecule has 0 aliphatic carbocycles. The summed E-state index contributed by atoms with van der Waals surface area (Å²) in [6.45, 7) is -0.0581. The Morgan fingerprint density at radius 2 is 1.88 bits per heavy atom. The SMILES string of the molecule is CS(=O)(=O)NC(=O)c1sc2cccc(F)c2c1COc1ccccc1. The average molecular weight is 379 g/mol. The van der Waals surface area contributed by atoms with E-state index in [0.29, 0.717) is 16.0 Å². The van der Waals surface area contributed by atoms with Crippen LogP contribution in [0.15, 0.2) is 48.5 Å². The number of fused-ring (bicyclic) bond motifs is 1. The number of nitrogens with one attached hydrogen (secondary N) is 1. The van der Waals surface area contributed by atoms with Gasteiger partial charge in [-0.05, 0) is 24.3 Å². The third-order valence-electron chi connectivity index (χ3n) is 3.37. The fourth-order valence-electron chi connectivity index (χ4n) is 2.38. The van der Waals surface area contributed by atoms with Crippen LogP contribution in [0.25, 0.3) is 10.1 Å². The first-order chi connectivity index (χ1) is 11.8. The molecule has 2 aromatic carbocycles. The van der Waals surface area contributed by atoms with Gasteiger partial charge in [-0.15, -0.1) is 11.3 Å². The smallest absolute Gasteiger partial charge is 0.275 e. The Kier molecular flexibility index (Phi) is 4.73. The lowest BCUT2D eigenvalue weighted by atomic mass is 10.1. The number of ether oxygens (including phenoxy) is 1. The highest BCUT2D eigenvalue weighted by Gasteiger charge is 2.23. The zero-order chi connectivity index (χ0) is 18.0. The van der Waals surface area contributed by atoms with Gasteiger partial charge in [0.25, 0.3) is 5.91 Å². The summed E-state index contributed by atoms with van der Waals surface area (Å²) in [6, 6.07) is 13.4. The topological polar surface area (TPSA) is 72.5 Å². The first-order valence-electron chi connectivity index (χ1n) is 7.25. The summed E-state index contributed by atoms with van der Waals surface area (Å²) in [7, 11) is -3.73. The van der Waals surface area contributed by atoms with Crippen LogP contribution in [0.2, 0.25) is 0 Å². The van der Waals surface area contributed by atoms with Gasteiger partial charge in [-0.2, -0.15) is 0 Å². The van der Waals surface area contributed by atoms with E-state index in [2.05, 4.69) is 0 Å². The third-order valence-corrected chi connectivity index (χ3v) is 5.13. The quantitative estimate of drug-likeness (QED) is 0.738. The average Bonchev–Trinajstić information content (AvgIpc) is 2.92. The largest absolute Gasteiger partial charge is 0.489 e. The second-order valence-corrected chi connectivity index (χ2v) is 8.13. The first-order valence-corrected chi connectivity index (χ1v) is 9.96. The van der Waals surface area contributed by atoms with Gasteiger partial charge >= 0.3 is 0 Å². The monoisotopic (exact) mass is 379 g/mol. The molecule has 0 aliphatic rings. The molecule has 1 amide bonds. The van der Waals surface area contributed by atoms with E-state index in [0.717, 1.165) is 17.6 Å². The van der Waals surface area contributed by atoms with Crippen molar-refractivity contribution in [1.29, 1.82) is 0 Å². The summed E-state index contributed by atoms with van der Waals surface area (Å²) in [5.41, 5.74) is 0.322. The maximum absolute atomic E-state index is 14.3. The van der Waals surface area contributed by atoms with Crippen LogP contribution in [-0.2, 0) is 16.6 Å². The molecule has 3 rings (SSSR count). The van der Waals surface area contributed by atoms with Crippen molar-refractivity contribution in [2.24, 2.45) is 0 Å². The summed E-state index contributed by atoms with van der Waals surface area (Å²) in [5, 5.41) is 0.266. The van der Waals surface area contributed by atoms with E-state index in [1.807, 2.05) is 10.8 Å². The maximum atomic E-state index is 14.3. The lowest BCUT2D eigenvalue weighted by molar-refractivity contribution is 0.0983. The molecule has 0 radical (unpaired) electrons. The fraction of sp³-hybridized carbons (Fsp3) is 0.118. The molecule has 0 aliphatic heterocycles. The van der Waals surface area contributed by atoms with E-state index >= 15 is 0 Å². The summed E-state index contributed by atoms with van der Waals surface area (Å²) < 4.78 is 45.1. The van der Waals surface area contributed by atoms with E-state index in [4.69, 9.17) is 4.74 Å². The normalized spacial score (nSPS) is 11.4. The molecule has 0 bridgehead atoms. The van der Waals surface area contributed by atoms with Crippen molar-refractivity contribution in [3.05, 3.63) is 64.8 Å². The first kappa shape index (κ1) is 17.4. The minimum Gasteiger partial charge on any atom is -0.489 e. The molecule has 0 spiro atoms. The number of rotatable bonds is 5.